The highest BCUT2D eigenvalue weighted by Crippen LogP contribution is 2.37. The molecule has 0 atom stereocenters. The van der Waals surface area contributed by atoms with Crippen molar-refractivity contribution in [3.63, 3.8) is 0 Å². The van der Waals surface area contributed by atoms with E-state index in [-0.39, 0.29) is 12.8 Å². The minimum absolute atomic E-state index is 0.123. The molecule has 1 heterocycles. The Morgan fingerprint density at radius 1 is 1.11 bits per heavy atom. The second-order valence-electron chi connectivity index (χ2n) is 7.90. The lowest BCUT2D eigenvalue weighted by atomic mass is 9.74. The summed E-state index contributed by atoms with van der Waals surface area (Å²) in [5.41, 5.74) is 0.857. The number of ether oxygens (including phenoxy) is 3. The van der Waals surface area contributed by atoms with Crippen LogP contribution in [0.4, 0.5) is 0 Å². The molecule has 28 heavy (non-hydrogen) atoms. The van der Waals surface area contributed by atoms with Gasteiger partial charge < -0.3 is 23.5 Å². The number of hydrogen-bond donors (Lipinski definition) is 0. The molecular formula is C20H30BClO6. The molecule has 1 aromatic carbocycles. The highest BCUT2D eigenvalue weighted by Gasteiger charge is 2.52. The van der Waals surface area contributed by atoms with Crippen molar-refractivity contribution in [2.75, 3.05) is 21.0 Å². The Morgan fingerprint density at radius 3 is 2.32 bits per heavy atom. The van der Waals surface area contributed by atoms with Crippen molar-refractivity contribution >= 4 is 30.2 Å². The number of hydrogen-bond acceptors (Lipinski definition) is 6. The zero-order chi connectivity index (χ0) is 20.9. The molecule has 1 aromatic rings. The summed E-state index contributed by atoms with van der Waals surface area (Å²) >= 11 is 6.58. The van der Waals surface area contributed by atoms with E-state index < -0.39 is 18.3 Å². The van der Waals surface area contributed by atoms with Gasteiger partial charge in [0.25, 0.3) is 0 Å². The number of rotatable bonds is 9. The Hall–Kier alpha value is -1.28. The van der Waals surface area contributed by atoms with Crippen molar-refractivity contribution < 1.29 is 28.3 Å². The largest absolute Gasteiger partial charge is 0.495 e. The maximum Gasteiger partial charge on any atom is 0.495 e. The van der Waals surface area contributed by atoms with Crippen LogP contribution in [0.5, 0.6) is 5.75 Å². The van der Waals surface area contributed by atoms with Crippen molar-refractivity contribution in [2.45, 2.75) is 64.6 Å². The molecule has 156 valence electrons. The molecule has 1 saturated heterocycles. The van der Waals surface area contributed by atoms with Crippen LogP contribution in [0.25, 0.3) is 0 Å². The third-order valence-corrected chi connectivity index (χ3v) is 5.68. The topological polar surface area (TPSA) is 63.2 Å². The van der Waals surface area contributed by atoms with Gasteiger partial charge in [0, 0.05) is 18.6 Å². The molecule has 0 N–H and O–H groups in total. The van der Waals surface area contributed by atoms with E-state index in [9.17, 15) is 4.79 Å². The van der Waals surface area contributed by atoms with Gasteiger partial charge >= 0.3 is 13.1 Å². The van der Waals surface area contributed by atoms with Crippen LogP contribution in [-0.2, 0) is 30.0 Å². The number of carbonyl (C=O) groups is 1. The highest BCUT2D eigenvalue weighted by atomic mass is 35.5. The van der Waals surface area contributed by atoms with Crippen LogP contribution in [0, 0.1) is 0 Å². The molecule has 0 bridgehead atoms. The summed E-state index contributed by atoms with van der Waals surface area (Å²) in [6, 6.07) is 3.66. The lowest BCUT2D eigenvalue weighted by molar-refractivity contribution is -0.140. The molecule has 0 spiro atoms. The van der Waals surface area contributed by atoms with E-state index in [1.54, 1.807) is 13.2 Å². The fourth-order valence-corrected chi connectivity index (χ4v) is 3.27. The number of unbranched alkanes of at least 4 members (excludes halogenated alkanes) is 1. The first-order valence-electron chi connectivity index (χ1n) is 9.48. The smallest absolute Gasteiger partial charge is 0.469 e. The number of methoxy groups -OCH3 is 2. The van der Waals surface area contributed by atoms with Crippen LogP contribution in [0.1, 0.15) is 52.5 Å². The van der Waals surface area contributed by atoms with E-state index in [1.165, 1.54) is 7.11 Å². The van der Waals surface area contributed by atoms with Gasteiger partial charge in [0.1, 0.15) is 5.75 Å². The third kappa shape index (κ3) is 5.41. The SMILES string of the molecule is COCOc1cc(Cl)c(CCCCC(=O)OC)c(B2OC(C)(C)C(C)(C)O2)c1. The Bertz CT molecular complexity index is 676. The van der Waals surface area contributed by atoms with Crippen molar-refractivity contribution in [2.24, 2.45) is 0 Å². The molecule has 1 aliphatic heterocycles. The molecule has 0 aliphatic carbocycles. The summed E-state index contributed by atoms with van der Waals surface area (Å²) in [5, 5.41) is 0.580. The fourth-order valence-electron chi connectivity index (χ4n) is 2.96. The normalized spacial score (nSPS) is 17.6. The second-order valence-corrected chi connectivity index (χ2v) is 8.30. The lowest BCUT2D eigenvalue weighted by Gasteiger charge is -2.32. The van der Waals surface area contributed by atoms with Crippen molar-refractivity contribution in [3.05, 3.63) is 22.7 Å². The summed E-state index contributed by atoms with van der Waals surface area (Å²) in [6.45, 7) is 8.16. The average Bonchev–Trinajstić information content (AvgIpc) is 2.84. The van der Waals surface area contributed by atoms with Crippen LogP contribution >= 0.6 is 11.6 Å². The Morgan fingerprint density at radius 2 is 1.75 bits per heavy atom. The Kier molecular flexibility index (Phi) is 7.79. The second kappa shape index (κ2) is 9.48. The molecular weight excluding hydrogens is 382 g/mol. The molecule has 0 radical (unpaired) electrons. The van der Waals surface area contributed by atoms with Gasteiger partial charge in [-0.3, -0.25) is 4.79 Å². The average molecular weight is 413 g/mol. The molecule has 6 nitrogen and oxygen atoms in total. The van der Waals surface area contributed by atoms with Gasteiger partial charge in [-0.15, -0.1) is 0 Å². The minimum atomic E-state index is -0.552. The summed E-state index contributed by atoms with van der Waals surface area (Å²) in [5.74, 6) is 0.385. The summed E-state index contributed by atoms with van der Waals surface area (Å²) in [7, 11) is 2.41. The lowest BCUT2D eigenvalue weighted by Crippen LogP contribution is -2.41. The number of halogens is 1. The summed E-state index contributed by atoms with van der Waals surface area (Å²) in [6.07, 6.45) is 2.59. The Labute approximate surface area is 172 Å². The third-order valence-electron chi connectivity index (χ3n) is 5.34. The van der Waals surface area contributed by atoms with Gasteiger partial charge in [-0.2, -0.15) is 0 Å². The van der Waals surface area contributed by atoms with Crippen LogP contribution in [-0.4, -0.2) is 45.3 Å². The van der Waals surface area contributed by atoms with Gasteiger partial charge in [0.15, 0.2) is 6.79 Å². The number of benzene rings is 1. The van der Waals surface area contributed by atoms with Crippen LogP contribution in [0.3, 0.4) is 0 Å². The first-order valence-corrected chi connectivity index (χ1v) is 9.85. The van der Waals surface area contributed by atoms with Gasteiger partial charge in [0.05, 0.1) is 18.3 Å². The zero-order valence-corrected chi connectivity index (χ0v) is 18.4. The summed E-state index contributed by atoms with van der Waals surface area (Å²) in [4.78, 5) is 11.3. The number of esters is 1. The predicted octanol–water partition coefficient (Wildman–Crippen LogP) is 3.51. The zero-order valence-electron chi connectivity index (χ0n) is 17.6. The van der Waals surface area contributed by atoms with E-state index in [4.69, 9.17) is 35.1 Å². The van der Waals surface area contributed by atoms with Crippen LogP contribution < -0.4 is 10.2 Å². The maximum atomic E-state index is 11.3. The van der Waals surface area contributed by atoms with Gasteiger partial charge in [-0.1, -0.05) is 11.6 Å². The highest BCUT2D eigenvalue weighted by molar-refractivity contribution is 6.63. The van der Waals surface area contributed by atoms with Crippen LogP contribution in [0.15, 0.2) is 12.1 Å². The first kappa shape index (κ1) is 23.0. The molecule has 0 unspecified atom stereocenters. The van der Waals surface area contributed by atoms with E-state index in [0.29, 0.717) is 30.0 Å². The summed E-state index contributed by atoms with van der Waals surface area (Å²) < 4.78 is 27.7. The molecule has 0 saturated carbocycles. The number of carbonyl (C=O) groups excluding carboxylic acids is 1. The van der Waals surface area contributed by atoms with E-state index in [2.05, 4.69) is 0 Å². The van der Waals surface area contributed by atoms with E-state index >= 15 is 0 Å². The minimum Gasteiger partial charge on any atom is -0.469 e. The molecule has 8 heteroatoms. The first-order chi connectivity index (χ1) is 13.1. The molecule has 2 rings (SSSR count). The fraction of sp³-hybridized carbons (Fsp3) is 0.650. The van der Waals surface area contributed by atoms with Gasteiger partial charge in [-0.05, 0) is 70.1 Å². The van der Waals surface area contributed by atoms with Crippen molar-refractivity contribution in [3.8, 4) is 5.75 Å². The van der Waals surface area contributed by atoms with Crippen molar-refractivity contribution in [1.82, 2.24) is 0 Å². The monoisotopic (exact) mass is 412 g/mol. The van der Waals surface area contributed by atoms with Gasteiger partial charge in [0.2, 0.25) is 0 Å². The molecule has 1 aliphatic rings. The molecule has 0 aromatic heterocycles. The predicted molar refractivity (Wildman–Crippen MR) is 109 cm³/mol. The van der Waals surface area contributed by atoms with Crippen LogP contribution in [0.2, 0.25) is 5.02 Å². The molecule has 0 amide bonds. The van der Waals surface area contributed by atoms with E-state index in [0.717, 1.165) is 17.4 Å². The van der Waals surface area contributed by atoms with Gasteiger partial charge in [-0.25, -0.2) is 0 Å². The Balaban J connectivity index is 2.26. The van der Waals surface area contributed by atoms with Crippen molar-refractivity contribution in [1.29, 1.82) is 0 Å². The maximum absolute atomic E-state index is 11.3. The quantitative estimate of drug-likeness (QED) is 0.268. The standard InChI is InChI=1S/C20H30BClO6/c1-19(2)20(3,4)28-21(27-19)16-11-14(26-13-24-5)12-17(22)15(16)9-7-8-10-18(23)25-6/h11-12H,7-10,13H2,1-6H3. The van der Waals surface area contributed by atoms with E-state index in [1.807, 2.05) is 33.8 Å². The molecule has 1 fully saturated rings.